The zero-order valence-corrected chi connectivity index (χ0v) is 17.6. The monoisotopic (exact) mass is 418 g/mol. The Hall–Kier alpha value is -2.42. The van der Waals surface area contributed by atoms with Gasteiger partial charge in [0.25, 0.3) is 5.91 Å². The van der Waals surface area contributed by atoms with Gasteiger partial charge < -0.3 is 15.0 Å². The van der Waals surface area contributed by atoms with Crippen molar-refractivity contribution in [2.24, 2.45) is 0 Å². The van der Waals surface area contributed by atoms with Gasteiger partial charge in [-0.3, -0.25) is 4.79 Å². The van der Waals surface area contributed by atoms with Gasteiger partial charge in [-0.2, -0.15) is 4.31 Å². The number of piperazine rings is 1. The first-order chi connectivity index (χ1) is 13.9. The number of nitrogens with zero attached hydrogens (tertiary/aromatic N) is 1. The lowest BCUT2D eigenvalue weighted by Gasteiger charge is -2.34. The second-order valence-electron chi connectivity index (χ2n) is 7.16. The highest BCUT2D eigenvalue weighted by molar-refractivity contribution is 7.89. The molecule has 8 heteroatoms. The number of quaternary nitrogens is 1. The molecular weight excluding hydrogens is 390 g/mol. The highest BCUT2D eigenvalue weighted by atomic mass is 32.2. The van der Waals surface area contributed by atoms with Crippen molar-refractivity contribution < 1.29 is 22.8 Å². The van der Waals surface area contributed by atoms with E-state index in [4.69, 9.17) is 4.74 Å². The summed E-state index contributed by atoms with van der Waals surface area (Å²) in [5.41, 5.74) is 1.00. The van der Waals surface area contributed by atoms with Crippen molar-refractivity contribution in [3.63, 3.8) is 0 Å². The molecule has 0 radical (unpaired) electrons. The van der Waals surface area contributed by atoms with Gasteiger partial charge in [-0.1, -0.05) is 30.3 Å². The first-order valence-corrected chi connectivity index (χ1v) is 11.2. The molecule has 1 fully saturated rings. The summed E-state index contributed by atoms with van der Waals surface area (Å²) in [5.74, 6) is 0.747. The molecule has 7 nitrogen and oxygen atoms in total. The first kappa shape index (κ1) is 21.3. The quantitative estimate of drug-likeness (QED) is 0.677. The number of carbonyl (C=O) groups excluding carboxylic acids is 1. The van der Waals surface area contributed by atoms with Crippen molar-refractivity contribution in [3.05, 3.63) is 60.2 Å². The molecule has 29 heavy (non-hydrogen) atoms. The van der Waals surface area contributed by atoms with Gasteiger partial charge in [0.1, 0.15) is 5.75 Å². The molecule has 1 amide bonds. The van der Waals surface area contributed by atoms with Gasteiger partial charge in [0.05, 0.1) is 38.2 Å². The topological polar surface area (TPSA) is 80.2 Å². The second-order valence-corrected chi connectivity index (χ2v) is 9.10. The summed E-state index contributed by atoms with van der Waals surface area (Å²) in [5, 5.41) is 2.97. The van der Waals surface area contributed by atoms with Gasteiger partial charge in [0, 0.05) is 6.54 Å². The zero-order chi connectivity index (χ0) is 20.9. The summed E-state index contributed by atoms with van der Waals surface area (Å²) in [6.07, 6.45) is 0. The highest BCUT2D eigenvalue weighted by Gasteiger charge is 2.34. The Kier molecular flexibility index (Phi) is 6.89. The Labute approximate surface area is 172 Å². The summed E-state index contributed by atoms with van der Waals surface area (Å²) in [4.78, 5) is 14.0. The molecule has 2 aromatic rings. The van der Waals surface area contributed by atoms with Gasteiger partial charge in [-0.25, -0.2) is 8.42 Å². The van der Waals surface area contributed by atoms with Crippen LogP contribution < -0.4 is 15.0 Å². The number of sulfonamides is 1. The predicted molar refractivity (Wildman–Crippen MR) is 110 cm³/mol. The summed E-state index contributed by atoms with van der Waals surface area (Å²) in [6.45, 7) is 4.35. The van der Waals surface area contributed by atoms with E-state index in [-0.39, 0.29) is 11.9 Å². The molecular formula is C21H28N3O4S+. The molecule has 0 unspecified atom stereocenters. The van der Waals surface area contributed by atoms with Gasteiger partial charge in [-0.15, -0.1) is 0 Å². The van der Waals surface area contributed by atoms with Crippen molar-refractivity contribution in [1.82, 2.24) is 9.62 Å². The zero-order valence-electron chi connectivity index (χ0n) is 16.8. The van der Waals surface area contributed by atoms with Crippen molar-refractivity contribution in [3.8, 4) is 5.75 Å². The van der Waals surface area contributed by atoms with E-state index >= 15 is 0 Å². The third-order valence-electron chi connectivity index (χ3n) is 5.38. The van der Waals surface area contributed by atoms with Crippen LogP contribution in [0.1, 0.15) is 12.5 Å². The fourth-order valence-electron chi connectivity index (χ4n) is 3.46. The number of ether oxygens (including phenoxy) is 1. The smallest absolute Gasteiger partial charge is 0.278 e. The number of rotatable bonds is 7. The van der Waals surface area contributed by atoms with Crippen LogP contribution in [0.2, 0.25) is 0 Å². The third kappa shape index (κ3) is 5.14. The van der Waals surface area contributed by atoms with E-state index in [1.807, 2.05) is 31.2 Å². The molecule has 1 aliphatic rings. The average molecular weight is 419 g/mol. The Morgan fingerprint density at radius 3 is 2.31 bits per heavy atom. The van der Waals surface area contributed by atoms with Crippen LogP contribution >= 0.6 is 0 Å². The van der Waals surface area contributed by atoms with Crippen LogP contribution in [0.3, 0.4) is 0 Å². The summed E-state index contributed by atoms with van der Waals surface area (Å²) >= 11 is 0. The molecule has 0 spiro atoms. The lowest BCUT2D eigenvalue weighted by Crippen LogP contribution is -3.19. The number of nitrogens with one attached hydrogen (secondary N) is 2. The molecule has 156 valence electrons. The largest absolute Gasteiger partial charge is 0.497 e. The minimum absolute atomic E-state index is 0.0322. The normalized spacial score (nSPS) is 16.9. The van der Waals surface area contributed by atoms with Gasteiger partial charge in [-0.05, 0) is 36.8 Å². The van der Waals surface area contributed by atoms with Crippen LogP contribution in [-0.4, -0.2) is 58.0 Å². The molecule has 1 saturated heterocycles. The molecule has 3 rings (SSSR count). The lowest BCUT2D eigenvalue weighted by molar-refractivity contribution is -0.917. The maximum Gasteiger partial charge on any atom is 0.278 e. The number of hydrogen-bond acceptors (Lipinski definition) is 4. The average Bonchev–Trinajstić information content (AvgIpc) is 2.78. The first-order valence-electron chi connectivity index (χ1n) is 9.72. The molecule has 2 aromatic carbocycles. The van der Waals surface area contributed by atoms with Crippen LogP contribution in [0.5, 0.6) is 5.75 Å². The van der Waals surface area contributed by atoms with E-state index in [1.165, 1.54) is 4.31 Å². The van der Waals surface area contributed by atoms with Gasteiger partial charge in [0.15, 0.2) is 6.04 Å². The Morgan fingerprint density at radius 1 is 1.10 bits per heavy atom. The van der Waals surface area contributed by atoms with Crippen molar-refractivity contribution in [2.75, 3.05) is 33.3 Å². The number of methoxy groups -OCH3 is 1. The summed E-state index contributed by atoms with van der Waals surface area (Å²) < 4.78 is 32.1. The predicted octanol–water partition coefficient (Wildman–Crippen LogP) is 0.289. The SMILES string of the molecule is COc1ccc(CNC(=O)[C@@H](C)[NH+]2CCN(S(=O)(=O)c3ccccc3)CC2)cc1. The van der Waals surface area contributed by atoms with Crippen LogP contribution in [-0.2, 0) is 21.4 Å². The molecule has 0 aliphatic carbocycles. The van der Waals surface area contributed by atoms with Crippen molar-refractivity contribution >= 4 is 15.9 Å². The minimum atomic E-state index is -3.47. The molecule has 1 aliphatic heterocycles. The number of benzene rings is 2. The van der Waals surface area contributed by atoms with Crippen LogP contribution in [0, 0.1) is 0 Å². The highest BCUT2D eigenvalue weighted by Crippen LogP contribution is 2.15. The molecule has 2 N–H and O–H groups in total. The number of carbonyl (C=O) groups is 1. The van der Waals surface area contributed by atoms with Gasteiger partial charge in [0.2, 0.25) is 10.0 Å². The minimum Gasteiger partial charge on any atom is -0.497 e. The maximum atomic E-state index is 12.7. The maximum absolute atomic E-state index is 12.7. The van der Waals surface area contributed by atoms with Crippen LogP contribution in [0.25, 0.3) is 0 Å². The van der Waals surface area contributed by atoms with E-state index < -0.39 is 10.0 Å². The second kappa shape index (κ2) is 9.39. The molecule has 0 aromatic heterocycles. The molecule has 0 saturated carbocycles. The van der Waals surface area contributed by atoms with E-state index in [1.54, 1.807) is 37.4 Å². The van der Waals surface area contributed by atoms with Crippen LogP contribution in [0.4, 0.5) is 0 Å². The Bertz CT molecular complexity index is 909. The fourth-order valence-corrected chi connectivity index (χ4v) is 4.92. The van der Waals surface area contributed by atoms with E-state index in [2.05, 4.69) is 5.32 Å². The molecule has 1 heterocycles. The third-order valence-corrected chi connectivity index (χ3v) is 7.29. The lowest BCUT2D eigenvalue weighted by atomic mass is 10.2. The van der Waals surface area contributed by atoms with E-state index in [0.717, 1.165) is 16.2 Å². The number of amides is 1. The molecule has 1 atom stereocenters. The van der Waals surface area contributed by atoms with E-state index in [0.29, 0.717) is 37.6 Å². The number of hydrogen-bond donors (Lipinski definition) is 2. The van der Waals surface area contributed by atoms with Crippen molar-refractivity contribution in [1.29, 1.82) is 0 Å². The fraction of sp³-hybridized carbons (Fsp3) is 0.381. The van der Waals surface area contributed by atoms with Gasteiger partial charge >= 0.3 is 0 Å². The van der Waals surface area contributed by atoms with Crippen molar-refractivity contribution in [2.45, 2.75) is 24.4 Å². The van der Waals surface area contributed by atoms with E-state index in [9.17, 15) is 13.2 Å². The summed E-state index contributed by atoms with van der Waals surface area (Å²) in [6, 6.07) is 15.8. The Morgan fingerprint density at radius 2 is 1.72 bits per heavy atom. The molecule has 0 bridgehead atoms. The summed E-state index contributed by atoms with van der Waals surface area (Å²) in [7, 11) is -1.86. The van der Waals surface area contributed by atoms with Crippen LogP contribution in [0.15, 0.2) is 59.5 Å². The Balaban J connectivity index is 1.51. The standard InChI is InChI=1S/C21H27N3O4S/c1-17(21(25)22-16-18-8-10-19(28-2)11-9-18)23-12-14-24(15-13-23)29(26,27)20-6-4-3-5-7-20/h3-11,17H,12-16H2,1-2H3,(H,22,25)/p+1/t17-/m1/s1.